The Morgan fingerprint density at radius 1 is 1.09 bits per heavy atom. The summed E-state index contributed by atoms with van der Waals surface area (Å²) in [5.41, 5.74) is 5.20. The zero-order chi connectivity index (χ0) is 16.8. The highest BCUT2D eigenvalue weighted by Gasteiger charge is 2.06. The quantitative estimate of drug-likeness (QED) is 0.660. The van der Waals surface area contributed by atoms with Gasteiger partial charge in [-0.1, -0.05) is 17.7 Å². The number of nitriles is 2. The van der Waals surface area contributed by atoms with E-state index in [-0.39, 0.29) is 5.71 Å². The Bertz CT molecular complexity index is 831. The fraction of sp³-hybridized carbons (Fsp3) is 0.118. The van der Waals surface area contributed by atoms with E-state index in [9.17, 15) is 0 Å². The molecule has 1 N–H and O–H groups in total. The molecule has 0 aliphatic rings. The van der Waals surface area contributed by atoms with Crippen molar-refractivity contribution in [2.75, 3.05) is 5.43 Å². The van der Waals surface area contributed by atoms with Crippen LogP contribution in [0.4, 0.5) is 5.69 Å². The van der Waals surface area contributed by atoms with Crippen molar-refractivity contribution in [1.29, 1.82) is 10.5 Å². The molecule has 0 radical (unpaired) electrons. The van der Waals surface area contributed by atoms with Crippen molar-refractivity contribution in [1.82, 2.24) is 0 Å². The Balaban J connectivity index is 2.16. The summed E-state index contributed by atoms with van der Waals surface area (Å²) in [4.78, 5) is 0. The number of nitrogens with zero attached hydrogens (tertiary/aromatic N) is 3. The van der Waals surface area contributed by atoms with Crippen LogP contribution < -0.4 is 10.2 Å². The van der Waals surface area contributed by atoms with Gasteiger partial charge in [-0.05, 0) is 55.3 Å². The summed E-state index contributed by atoms with van der Waals surface area (Å²) in [5, 5.41) is 21.3. The van der Waals surface area contributed by atoms with Crippen molar-refractivity contribution in [3.8, 4) is 23.6 Å². The Morgan fingerprint density at radius 3 is 2.43 bits per heavy atom. The molecule has 0 saturated heterocycles. The standard InChI is InChI=1S/C17H13ClN4O/c1-11-3-5-15(7-12(11)2)23-17-6-4-13(8-16(17)18)21-22-14(9-19)10-20/h3-8,21H,1-2H3. The Kier molecular flexibility index (Phi) is 5.19. The van der Waals surface area contributed by atoms with Crippen LogP contribution in [-0.2, 0) is 0 Å². The lowest BCUT2D eigenvalue weighted by atomic mass is 10.1. The van der Waals surface area contributed by atoms with Crippen molar-refractivity contribution in [2.24, 2.45) is 5.10 Å². The fourth-order valence-electron chi connectivity index (χ4n) is 1.75. The van der Waals surface area contributed by atoms with Gasteiger partial charge in [0.05, 0.1) is 10.7 Å². The third kappa shape index (κ3) is 4.23. The van der Waals surface area contributed by atoms with Crippen LogP contribution >= 0.6 is 11.6 Å². The molecule has 0 aliphatic heterocycles. The third-order valence-electron chi connectivity index (χ3n) is 3.15. The summed E-state index contributed by atoms with van der Waals surface area (Å²) in [6.45, 7) is 4.04. The first kappa shape index (κ1) is 16.4. The summed E-state index contributed by atoms with van der Waals surface area (Å²) < 4.78 is 5.77. The molecule has 0 heterocycles. The minimum atomic E-state index is -0.267. The normalized spacial score (nSPS) is 9.43. The molecule has 6 heteroatoms. The Hall–Kier alpha value is -3.02. The molecular formula is C17H13ClN4O. The topological polar surface area (TPSA) is 81.2 Å². The predicted octanol–water partition coefficient (Wildman–Crippen LogP) is 4.56. The summed E-state index contributed by atoms with van der Waals surface area (Å²) in [7, 11) is 0. The molecule has 2 rings (SSSR count). The van der Waals surface area contributed by atoms with Gasteiger partial charge >= 0.3 is 0 Å². The number of hydrogen-bond donors (Lipinski definition) is 1. The summed E-state index contributed by atoms with van der Waals surface area (Å²) >= 11 is 6.19. The van der Waals surface area contributed by atoms with Gasteiger partial charge in [0.15, 0.2) is 0 Å². The molecule has 0 saturated carbocycles. The fourth-order valence-corrected chi connectivity index (χ4v) is 1.97. The Morgan fingerprint density at radius 2 is 1.83 bits per heavy atom. The van der Waals surface area contributed by atoms with E-state index in [1.165, 1.54) is 5.56 Å². The SMILES string of the molecule is Cc1ccc(Oc2ccc(NN=C(C#N)C#N)cc2Cl)cc1C. The number of rotatable bonds is 4. The molecule has 0 aliphatic carbocycles. The molecule has 0 atom stereocenters. The van der Waals surface area contributed by atoms with Gasteiger partial charge in [-0.25, -0.2) is 0 Å². The second-order valence-corrected chi connectivity index (χ2v) is 5.20. The van der Waals surface area contributed by atoms with Crippen LogP contribution in [0.2, 0.25) is 5.02 Å². The average Bonchev–Trinajstić information content (AvgIpc) is 2.54. The first-order valence-electron chi connectivity index (χ1n) is 6.72. The maximum absolute atomic E-state index is 8.62. The molecule has 0 aromatic heterocycles. The van der Waals surface area contributed by atoms with Gasteiger partial charge in [-0.2, -0.15) is 15.6 Å². The van der Waals surface area contributed by atoms with Crippen molar-refractivity contribution in [2.45, 2.75) is 13.8 Å². The van der Waals surface area contributed by atoms with Gasteiger partial charge in [0.2, 0.25) is 5.71 Å². The predicted molar refractivity (Wildman–Crippen MR) is 89.7 cm³/mol. The number of aryl methyl sites for hydroxylation is 2. The van der Waals surface area contributed by atoms with Crippen LogP contribution in [0.5, 0.6) is 11.5 Å². The number of anilines is 1. The van der Waals surface area contributed by atoms with E-state index in [1.54, 1.807) is 30.3 Å². The van der Waals surface area contributed by atoms with E-state index < -0.39 is 0 Å². The molecule has 2 aromatic rings. The first-order valence-corrected chi connectivity index (χ1v) is 7.10. The highest BCUT2D eigenvalue weighted by Crippen LogP contribution is 2.32. The minimum Gasteiger partial charge on any atom is -0.456 e. The monoisotopic (exact) mass is 324 g/mol. The molecule has 2 aromatic carbocycles. The van der Waals surface area contributed by atoms with Crippen LogP contribution in [0.15, 0.2) is 41.5 Å². The lowest BCUT2D eigenvalue weighted by molar-refractivity contribution is 0.482. The lowest BCUT2D eigenvalue weighted by Gasteiger charge is -2.10. The van der Waals surface area contributed by atoms with Gasteiger partial charge in [0.1, 0.15) is 23.6 Å². The number of hydrogen-bond acceptors (Lipinski definition) is 5. The number of benzene rings is 2. The second-order valence-electron chi connectivity index (χ2n) is 4.79. The van der Waals surface area contributed by atoms with Gasteiger partial charge in [-0.15, -0.1) is 0 Å². The number of nitrogens with one attached hydrogen (secondary N) is 1. The molecule has 114 valence electrons. The zero-order valence-corrected chi connectivity index (χ0v) is 13.3. The van der Waals surface area contributed by atoms with E-state index in [1.807, 2.05) is 32.0 Å². The second kappa shape index (κ2) is 7.31. The number of ether oxygens (including phenoxy) is 1. The van der Waals surface area contributed by atoms with Crippen molar-refractivity contribution in [3.63, 3.8) is 0 Å². The number of halogens is 1. The molecule has 0 amide bonds. The van der Waals surface area contributed by atoms with Crippen molar-refractivity contribution in [3.05, 3.63) is 52.5 Å². The largest absolute Gasteiger partial charge is 0.456 e. The Labute approximate surface area is 139 Å². The maximum atomic E-state index is 8.62. The lowest BCUT2D eigenvalue weighted by Crippen LogP contribution is -1.96. The van der Waals surface area contributed by atoms with Gasteiger partial charge in [0.25, 0.3) is 0 Å². The first-order chi connectivity index (χ1) is 11.0. The molecule has 0 spiro atoms. The van der Waals surface area contributed by atoms with Crippen molar-refractivity contribution >= 4 is 23.0 Å². The van der Waals surface area contributed by atoms with Gasteiger partial charge in [-0.3, -0.25) is 5.43 Å². The summed E-state index contributed by atoms with van der Waals surface area (Å²) in [6, 6.07) is 14.1. The van der Waals surface area contributed by atoms with Crippen LogP contribution in [0, 0.1) is 36.5 Å². The smallest absolute Gasteiger partial charge is 0.237 e. The van der Waals surface area contributed by atoms with E-state index in [2.05, 4.69) is 10.5 Å². The van der Waals surface area contributed by atoms with E-state index in [0.29, 0.717) is 22.2 Å². The average molecular weight is 325 g/mol. The van der Waals surface area contributed by atoms with E-state index in [4.69, 9.17) is 26.9 Å². The highest BCUT2D eigenvalue weighted by molar-refractivity contribution is 6.32. The van der Waals surface area contributed by atoms with E-state index >= 15 is 0 Å². The number of hydrazone groups is 1. The molecule has 0 bridgehead atoms. The molecule has 23 heavy (non-hydrogen) atoms. The minimum absolute atomic E-state index is 0.267. The van der Waals surface area contributed by atoms with E-state index in [0.717, 1.165) is 5.56 Å². The zero-order valence-electron chi connectivity index (χ0n) is 12.6. The molecule has 5 nitrogen and oxygen atoms in total. The van der Waals surface area contributed by atoms with Gasteiger partial charge < -0.3 is 4.74 Å². The third-order valence-corrected chi connectivity index (χ3v) is 3.44. The van der Waals surface area contributed by atoms with Crippen LogP contribution in [0.25, 0.3) is 0 Å². The van der Waals surface area contributed by atoms with Crippen LogP contribution in [0.1, 0.15) is 11.1 Å². The highest BCUT2D eigenvalue weighted by atomic mass is 35.5. The molecular weight excluding hydrogens is 312 g/mol. The summed E-state index contributed by atoms with van der Waals surface area (Å²) in [6.07, 6.45) is 0. The summed E-state index contributed by atoms with van der Waals surface area (Å²) in [5.74, 6) is 1.20. The maximum Gasteiger partial charge on any atom is 0.237 e. The van der Waals surface area contributed by atoms with Crippen LogP contribution in [0.3, 0.4) is 0 Å². The molecule has 0 fully saturated rings. The van der Waals surface area contributed by atoms with Gasteiger partial charge in [0, 0.05) is 0 Å². The molecule has 0 unspecified atom stereocenters. The van der Waals surface area contributed by atoms with Crippen molar-refractivity contribution < 1.29 is 4.74 Å². The van der Waals surface area contributed by atoms with Crippen LogP contribution in [-0.4, -0.2) is 5.71 Å².